The van der Waals surface area contributed by atoms with Gasteiger partial charge in [-0.25, -0.2) is 4.79 Å². The van der Waals surface area contributed by atoms with Gasteiger partial charge in [-0.1, -0.05) is 6.07 Å². The number of anilines is 1. The van der Waals surface area contributed by atoms with Crippen molar-refractivity contribution >= 4 is 23.4 Å². The molecule has 1 aliphatic heterocycles. The van der Waals surface area contributed by atoms with E-state index in [0.717, 1.165) is 16.1 Å². The van der Waals surface area contributed by atoms with Crippen LogP contribution in [0.25, 0.3) is 0 Å². The lowest BCUT2D eigenvalue weighted by Gasteiger charge is -2.25. The number of nitrogens with one attached hydrogen (secondary N) is 1. The normalized spacial score (nSPS) is 19.2. The lowest BCUT2D eigenvalue weighted by atomic mass is 10.1. The van der Waals surface area contributed by atoms with Gasteiger partial charge in [0.2, 0.25) is 0 Å². The summed E-state index contributed by atoms with van der Waals surface area (Å²) >= 11 is 1.60. The minimum atomic E-state index is -0.783. The molecule has 1 aromatic carbocycles. The third-order valence-corrected chi connectivity index (χ3v) is 3.87. The number of fused-ring (bicyclic) bond motifs is 1. The first kappa shape index (κ1) is 10.4. The van der Waals surface area contributed by atoms with Crippen LogP contribution in [0.5, 0.6) is 0 Å². The van der Waals surface area contributed by atoms with Gasteiger partial charge < -0.3 is 10.4 Å². The van der Waals surface area contributed by atoms with Crippen LogP contribution in [-0.4, -0.2) is 22.9 Å². The lowest BCUT2D eigenvalue weighted by molar-refractivity contribution is -0.137. The van der Waals surface area contributed by atoms with E-state index in [1.807, 2.05) is 19.9 Å². The molecule has 80 valence electrons. The molecule has 0 amide bonds. The van der Waals surface area contributed by atoms with E-state index in [1.165, 1.54) is 5.56 Å². The molecule has 15 heavy (non-hydrogen) atoms. The van der Waals surface area contributed by atoms with Crippen LogP contribution in [0, 0.1) is 13.8 Å². The molecule has 1 aromatic rings. The van der Waals surface area contributed by atoms with Crippen molar-refractivity contribution < 1.29 is 9.90 Å². The van der Waals surface area contributed by atoms with Gasteiger partial charge in [-0.3, -0.25) is 0 Å². The zero-order valence-electron chi connectivity index (χ0n) is 8.70. The number of carbonyl (C=O) groups is 1. The Bertz CT molecular complexity index is 417. The standard InChI is InChI=1S/C11H13NO2S/c1-6-3-4-9-10(7(6)2)12-8(5-15-9)11(13)14/h3-4,8,12H,5H2,1-2H3,(H,13,14). The summed E-state index contributed by atoms with van der Waals surface area (Å²) < 4.78 is 0. The van der Waals surface area contributed by atoms with Crippen LogP contribution >= 0.6 is 11.8 Å². The van der Waals surface area contributed by atoms with Crippen LogP contribution in [0.2, 0.25) is 0 Å². The van der Waals surface area contributed by atoms with E-state index >= 15 is 0 Å². The van der Waals surface area contributed by atoms with Crippen LogP contribution in [0.4, 0.5) is 5.69 Å². The second-order valence-corrected chi connectivity index (χ2v) is 4.79. The highest BCUT2D eigenvalue weighted by Crippen LogP contribution is 2.36. The monoisotopic (exact) mass is 223 g/mol. The minimum Gasteiger partial charge on any atom is -0.480 e. The summed E-state index contributed by atoms with van der Waals surface area (Å²) in [5, 5.41) is 12.0. The number of aryl methyl sites for hydroxylation is 1. The molecule has 1 heterocycles. The number of thioether (sulfide) groups is 1. The van der Waals surface area contributed by atoms with E-state index in [9.17, 15) is 4.79 Å². The zero-order chi connectivity index (χ0) is 11.0. The molecule has 3 nitrogen and oxygen atoms in total. The fraction of sp³-hybridized carbons (Fsp3) is 0.364. The topological polar surface area (TPSA) is 49.3 Å². The predicted molar refractivity (Wildman–Crippen MR) is 61.7 cm³/mol. The molecule has 4 heteroatoms. The average Bonchev–Trinajstić information content (AvgIpc) is 2.23. The van der Waals surface area contributed by atoms with E-state index in [2.05, 4.69) is 11.4 Å². The van der Waals surface area contributed by atoms with Crippen LogP contribution in [0.3, 0.4) is 0 Å². The number of carboxylic acid groups (broad SMARTS) is 1. The molecule has 0 radical (unpaired) electrons. The summed E-state index contributed by atoms with van der Waals surface area (Å²) in [5.74, 6) is -0.195. The fourth-order valence-electron chi connectivity index (χ4n) is 1.61. The summed E-state index contributed by atoms with van der Waals surface area (Å²) in [6, 6.07) is 3.65. The maximum atomic E-state index is 10.9. The van der Waals surface area contributed by atoms with E-state index in [0.29, 0.717) is 5.75 Å². The molecule has 1 unspecified atom stereocenters. The molecular weight excluding hydrogens is 210 g/mol. The Morgan fingerprint density at radius 3 is 2.93 bits per heavy atom. The zero-order valence-corrected chi connectivity index (χ0v) is 9.52. The summed E-state index contributed by atoms with van der Waals surface area (Å²) in [6.45, 7) is 4.05. The Labute approximate surface area is 92.9 Å². The van der Waals surface area contributed by atoms with Crippen LogP contribution in [-0.2, 0) is 4.79 Å². The van der Waals surface area contributed by atoms with Crippen LogP contribution in [0.1, 0.15) is 11.1 Å². The molecule has 1 aliphatic rings. The molecule has 0 saturated carbocycles. The van der Waals surface area contributed by atoms with Crippen molar-refractivity contribution in [3.63, 3.8) is 0 Å². The third kappa shape index (κ3) is 1.81. The van der Waals surface area contributed by atoms with Crippen molar-refractivity contribution in [1.29, 1.82) is 0 Å². The Morgan fingerprint density at radius 2 is 2.27 bits per heavy atom. The van der Waals surface area contributed by atoms with Gasteiger partial charge in [0.25, 0.3) is 0 Å². The predicted octanol–water partition coefficient (Wildman–Crippen LogP) is 2.27. The van der Waals surface area contributed by atoms with E-state index in [-0.39, 0.29) is 0 Å². The molecule has 0 bridgehead atoms. The Hall–Kier alpha value is -1.16. The first-order valence-corrected chi connectivity index (χ1v) is 5.80. The lowest BCUT2D eigenvalue weighted by Crippen LogP contribution is -2.34. The van der Waals surface area contributed by atoms with Crippen molar-refractivity contribution in [2.24, 2.45) is 0 Å². The van der Waals surface area contributed by atoms with Gasteiger partial charge >= 0.3 is 5.97 Å². The maximum absolute atomic E-state index is 10.9. The summed E-state index contributed by atoms with van der Waals surface area (Å²) in [6.07, 6.45) is 0. The molecule has 0 saturated heterocycles. The van der Waals surface area contributed by atoms with Gasteiger partial charge in [-0.2, -0.15) is 0 Å². The van der Waals surface area contributed by atoms with Gasteiger partial charge in [0.05, 0.1) is 5.69 Å². The number of rotatable bonds is 1. The summed E-state index contributed by atoms with van der Waals surface area (Å²) in [7, 11) is 0. The second kappa shape index (κ2) is 3.77. The molecule has 1 atom stereocenters. The molecule has 0 fully saturated rings. The Balaban J connectivity index is 2.39. The number of aliphatic carboxylic acids is 1. The van der Waals surface area contributed by atoms with Gasteiger partial charge in [-0.05, 0) is 31.0 Å². The first-order valence-electron chi connectivity index (χ1n) is 4.82. The first-order chi connectivity index (χ1) is 7.09. The quantitative estimate of drug-likeness (QED) is 0.767. The minimum absolute atomic E-state index is 0.469. The van der Waals surface area contributed by atoms with Gasteiger partial charge in [0, 0.05) is 10.6 Å². The SMILES string of the molecule is Cc1ccc2c(c1C)NC(C(=O)O)CS2. The van der Waals surface area contributed by atoms with Gasteiger partial charge in [0.15, 0.2) is 0 Å². The smallest absolute Gasteiger partial charge is 0.326 e. The summed E-state index contributed by atoms with van der Waals surface area (Å²) in [4.78, 5) is 12.0. The molecular formula is C11H13NO2S. The Kier molecular flexibility index (Phi) is 2.61. The third-order valence-electron chi connectivity index (χ3n) is 2.72. The van der Waals surface area contributed by atoms with E-state index in [1.54, 1.807) is 11.8 Å². The van der Waals surface area contributed by atoms with Crippen molar-refractivity contribution in [3.05, 3.63) is 23.3 Å². The van der Waals surface area contributed by atoms with Crippen LogP contribution in [0.15, 0.2) is 17.0 Å². The van der Waals surface area contributed by atoms with Crippen molar-refractivity contribution in [1.82, 2.24) is 0 Å². The van der Waals surface area contributed by atoms with Gasteiger partial charge in [-0.15, -0.1) is 11.8 Å². The number of carboxylic acids is 1. The number of benzene rings is 1. The fourth-order valence-corrected chi connectivity index (χ4v) is 2.71. The largest absolute Gasteiger partial charge is 0.480 e. The molecule has 2 rings (SSSR count). The van der Waals surface area contributed by atoms with E-state index < -0.39 is 12.0 Å². The molecule has 0 aliphatic carbocycles. The van der Waals surface area contributed by atoms with Crippen molar-refractivity contribution in [3.8, 4) is 0 Å². The molecule has 0 aromatic heterocycles. The number of hydrogen-bond donors (Lipinski definition) is 2. The average molecular weight is 223 g/mol. The Morgan fingerprint density at radius 1 is 1.53 bits per heavy atom. The van der Waals surface area contributed by atoms with Crippen LogP contribution < -0.4 is 5.32 Å². The highest BCUT2D eigenvalue weighted by Gasteiger charge is 2.25. The highest BCUT2D eigenvalue weighted by atomic mass is 32.2. The number of hydrogen-bond acceptors (Lipinski definition) is 3. The van der Waals surface area contributed by atoms with Crippen molar-refractivity contribution in [2.75, 3.05) is 11.1 Å². The molecule has 0 spiro atoms. The van der Waals surface area contributed by atoms with E-state index in [4.69, 9.17) is 5.11 Å². The summed E-state index contributed by atoms with van der Waals surface area (Å²) in [5.41, 5.74) is 3.32. The highest BCUT2D eigenvalue weighted by molar-refractivity contribution is 7.99. The maximum Gasteiger partial charge on any atom is 0.326 e. The van der Waals surface area contributed by atoms with Crippen molar-refractivity contribution in [2.45, 2.75) is 24.8 Å². The molecule has 2 N–H and O–H groups in total. The second-order valence-electron chi connectivity index (χ2n) is 3.73. The van der Waals surface area contributed by atoms with Gasteiger partial charge in [0.1, 0.15) is 6.04 Å².